The molecule has 0 aromatic carbocycles. The van der Waals surface area contributed by atoms with Crippen LogP contribution in [0.3, 0.4) is 0 Å². The Morgan fingerprint density at radius 3 is 2.61 bits per heavy atom. The van der Waals surface area contributed by atoms with Gasteiger partial charge in [0.25, 0.3) is 0 Å². The van der Waals surface area contributed by atoms with Gasteiger partial charge in [0.2, 0.25) is 5.78 Å². The molecular weight excluding hydrogens is 439 g/mol. The SMILES string of the molecule is CCC(=O)O[C@]1(C(=O)CO)CC[C@H]2[C@@H]3CCC4=CC(=O)C=C[C@]4(C)[C@@]3(Cl)[C@@H](Cl)C[C@@]21C. The van der Waals surface area contributed by atoms with Crippen molar-refractivity contribution in [1.29, 1.82) is 0 Å². The molecule has 0 aliphatic heterocycles. The van der Waals surface area contributed by atoms with Gasteiger partial charge >= 0.3 is 5.97 Å². The average molecular weight is 469 g/mol. The van der Waals surface area contributed by atoms with Gasteiger partial charge in [-0.2, -0.15) is 0 Å². The van der Waals surface area contributed by atoms with Crippen LogP contribution in [0.25, 0.3) is 0 Å². The van der Waals surface area contributed by atoms with Gasteiger partial charge in [-0.25, -0.2) is 0 Å². The second kappa shape index (κ2) is 7.43. The summed E-state index contributed by atoms with van der Waals surface area (Å²) in [6, 6.07) is 0. The van der Waals surface area contributed by atoms with Crippen molar-refractivity contribution in [3.8, 4) is 0 Å². The number of esters is 1. The molecule has 3 fully saturated rings. The Balaban J connectivity index is 1.81. The van der Waals surface area contributed by atoms with Crippen LogP contribution < -0.4 is 0 Å². The number of carbonyl (C=O) groups excluding carboxylic acids is 3. The van der Waals surface area contributed by atoms with Crippen molar-refractivity contribution in [2.24, 2.45) is 22.7 Å². The summed E-state index contributed by atoms with van der Waals surface area (Å²) >= 11 is 14.6. The van der Waals surface area contributed by atoms with Crippen LogP contribution >= 0.6 is 23.2 Å². The Labute approximate surface area is 193 Å². The predicted molar refractivity (Wildman–Crippen MR) is 118 cm³/mol. The van der Waals surface area contributed by atoms with Crippen molar-refractivity contribution in [3.05, 3.63) is 23.8 Å². The molecule has 4 aliphatic carbocycles. The number of allylic oxidation sites excluding steroid dienone is 4. The molecule has 3 saturated carbocycles. The third kappa shape index (κ3) is 2.82. The Hall–Kier alpha value is -1.17. The maximum Gasteiger partial charge on any atom is 0.306 e. The number of aliphatic hydroxyl groups excluding tert-OH is 1. The van der Waals surface area contributed by atoms with Gasteiger partial charge in [0.15, 0.2) is 11.4 Å². The third-order valence-corrected chi connectivity index (χ3v) is 10.4. The third-order valence-electron chi connectivity index (χ3n) is 8.89. The number of carbonyl (C=O) groups is 3. The van der Waals surface area contributed by atoms with Gasteiger partial charge in [0, 0.05) is 17.3 Å². The number of alkyl halides is 2. The van der Waals surface area contributed by atoms with Crippen molar-refractivity contribution in [3.63, 3.8) is 0 Å². The number of hydrogen-bond acceptors (Lipinski definition) is 5. The zero-order valence-electron chi connectivity index (χ0n) is 18.2. The van der Waals surface area contributed by atoms with Crippen LogP contribution in [-0.4, -0.2) is 45.1 Å². The fourth-order valence-electron chi connectivity index (χ4n) is 7.21. The second-order valence-corrected chi connectivity index (χ2v) is 11.1. The standard InChI is InChI=1S/C24H30Cl2O5/c1-4-20(30)31-23(19(29)13-27)10-8-16-17-6-5-14-11-15(28)7-9-21(14,2)24(17,26)18(25)12-22(16,23)3/h7,9,11,16-18,27H,4-6,8,10,12-13H2,1-3H3/t16-,17-,18-,21-,22-,23-,24-/m0/s1. The number of ketones is 2. The lowest BCUT2D eigenvalue weighted by Gasteiger charge is -2.64. The largest absolute Gasteiger partial charge is 0.450 e. The van der Waals surface area contributed by atoms with E-state index >= 15 is 0 Å². The minimum Gasteiger partial charge on any atom is -0.450 e. The molecule has 4 rings (SSSR count). The summed E-state index contributed by atoms with van der Waals surface area (Å²) in [6.45, 7) is 5.03. The Morgan fingerprint density at radius 2 is 1.97 bits per heavy atom. The Morgan fingerprint density at radius 1 is 1.26 bits per heavy atom. The summed E-state index contributed by atoms with van der Waals surface area (Å²) in [4.78, 5) is 36.6. The monoisotopic (exact) mass is 468 g/mol. The summed E-state index contributed by atoms with van der Waals surface area (Å²) in [6.07, 6.45) is 8.21. The molecule has 1 N–H and O–H groups in total. The molecule has 0 radical (unpaired) electrons. The lowest BCUT2D eigenvalue weighted by molar-refractivity contribution is -0.189. The van der Waals surface area contributed by atoms with E-state index in [0.717, 1.165) is 18.4 Å². The summed E-state index contributed by atoms with van der Waals surface area (Å²) in [5.41, 5.74) is -1.67. The van der Waals surface area contributed by atoms with Gasteiger partial charge < -0.3 is 9.84 Å². The fraction of sp³-hybridized carbons (Fsp3) is 0.708. The molecule has 0 spiro atoms. The van der Waals surface area contributed by atoms with Crippen LogP contribution in [-0.2, 0) is 19.1 Å². The summed E-state index contributed by atoms with van der Waals surface area (Å²) < 4.78 is 5.86. The van der Waals surface area contributed by atoms with Crippen LogP contribution in [0.1, 0.15) is 59.3 Å². The van der Waals surface area contributed by atoms with E-state index in [1.165, 1.54) is 0 Å². The molecule has 5 nitrogen and oxygen atoms in total. The van der Waals surface area contributed by atoms with E-state index in [0.29, 0.717) is 19.3 Å². The minimum atomic E-state index is -1.39. The lowest BCUT2D eigenvalue weighted by atomic mass is 9.46. The first-order chi connectivity index (χ1) is 14.5. The first kappa shape index (κ1) is 23.0. The molecule has 4 aliphatic rings. The van der Waals surface area contributed by atoms with Crippen LogP contribution in [0.5, 0.6) is 0 Å². The number of ether oxygens (including phenoxy) is 1. The van der Waals surface area contributed by atoms with Crippen molar-refractivity contribution < 1.29 is 24.2 Å². The summed E-state index contributed by atoms with van der Waals surface area (Å²) in [5.74, 6) is -0.963. The van der Waals surface area contributed by atoms with Gasteiger partial charge in [-0.15, -0.1) is 23.2 Å². The molecule has 0 heterocycles. The number of aliphatic hydroxyl groups is 1. The molecule has 0 saturated heterocycles. The van der Waals surface area contributed by atoms with E-state index in [-0.39, 0.29) is 24.0 Å². The maximum atomic E-state index is 13.1. The fourth-order valence-corrected chi connectivity index (χ4v) is 8.44. The topological polar surface area (TPSA) is 80.7 Å². The molecule has 7 atom stereocenters. The molecular formula is C24H30Cl2O5. The molecule has 0 unspecified atom stereocenters. The molecule has 0 aromatic rings. The van der Waals surface area contributed by atoms with Crippen molar-refractivity contribution in [1.82, 2.24) is 0 Å². The number of hydrogen-bond donors (Lipinski definition) is 1. The van der Waals surface area contributed by atoms with E-state index in [9.17, 15) is 19.5 Å². The van der Waals surface area contributed by atoms with Gasteiger partial charge in [0.1, 0.15) is 6.61 Å². The maximum absolute atomic E-state index is 13.1. The van der Waals surface area contributed by atoms with Crippen LogP contribution in [0.15, 0.2) is 23.8 Å². The van der Waals surface area contributed by atoms with Crippen molar-refractivity contribution in [2.75, 3.05) is 6.61 Å². The first-order valence-corrected chi connectivity index (χ1v) is 11.9. The van der Waals surface area contributed by atoms with Crippen LogP contribution in [0.4, 0.5) is 0 Å². The number of Topliss-reactive ketones (excluding diaryl/α,β-unsaturated/α-hetero) is 1. The number of halogens is 2. The minimum absolute atomic E-state index is 0.00422. The van der Waals surface area contributed by atoms with Crippen LogP contribution in [0, 0.1) is 22.7 Å². The quantitative estimate of drug-likeness (QED) is 0.495. The summed E-state index contributed by atoms with van der Waals surface area (Å²) in [5, 5.41) is 9.25. The molecule has 31 heavy (non-hydrogen) atoms. The molecule has 170 valence electrons. The van der Waals surface area contributed by atoms with E-state index in [2.05, 4.69) is 6.92 Å². The zero-order valence-corrected chi connectivity index (χ0v) is 19.8. The van der Waals surface area contributed by atoms with Crippen LogP contribution in [0.2, 0.25) is 0 Å². The zero-order chi connectivity index (χ0) is 22.8. The molecule has 7 heteroatoms. The van der Waals surface area contributed by atoms with E-state index in [4.69, 9.17) is 27.9 Å². The van der Waals surface area contributed by atoms with Crippen molar-refractivity contribution >= 4 is 40.7 Å². The normalized spacial score (nSPS) is 45.9. The first-order valence-electron chi connectivity index (χ1n) is 11.1. The predicted octanol–water partition coefficient (Wildman–Crippen LogP) is 4.13. The lowest BCUT2D eigenvalue weighted by Crippen LogP contribution is -2.68. The smallest absolute Gasteiger partial charge is 0.306 e. The number of fused-ring (bicyclic) bond motifs is 5. The van der Waals surface area contributed by atoms with Gasteiger partial charge in [0.05, 0.1) is 10.3 Å². The highest BCUT2D eigenvalue weighted by Crippen LogP contribution is 2.72. The van der Waals surface area contributed by atoms with E-state index in [1.54, 1.807) is 19.1 Å². The highest BCUT2D eigenvalue weighted by molar-refractivity contribution is 6.34. The Bertz CT molecular complexity index is 896. The number of rotatable bonds is 4. The highest BCUT2D eigenvalue weighted by atomic mass is 35.5. The Kier molecular flexibility index (Phi) is 5.51. The molecule has 0 aromatic heterocycles. The van der Waals surface area contributed by atoms with Gasteiger partial charge in [-0.3, -0.25) is 14.4 Å². The van der Waals surface area contributed by atoms with E-state index in [1.807, 2.05) is 13.0 Å². The molecule has 0 amide bonds. The highest BCUT2D eigenvalue weighted by Gasteiger charge is 2.74. The second-order valence-electron chi connectivity index (χ2n) is 9.99. The van der Waals surface area contributed by atoms with Crippen molar-refractivity contribution in [2.45, 2.75) is 75.1 Å². The summed E-state index contributed by atoms with van der Waals surface area (Å²) in [7, 11) is 0. The molecule has 0 bridgehead atoms. The van der Waals surface area contributed by atoms with Gasteiger partial charge in [-0.1, -0.05) is 32.4 Å². The average Bonchev–Trinajstić information content (AvgIpc) is 3.01. The van der Waals surface area contributed by atoms with Gasteiger partial charge in [-0.05, 0) is 56.1 Å². The van der Waals surface area contributed by atoms with E-state index < -0.39 is 45.0 Å².